The maximum absolute atomic E-state index is 11.4. The van der Waals surface area contributed by atoms with E-state index in [4.69, 9.17) is 34.8 Å². The molecule has 16 heavy (non-hydrogen) atoms. The smallest absolute Gasteiger partial charge is 0.278 e. The van der Waals surface area contributed by atoms with Crippen molar-refractivity contribution in [3.05, 3.63) is 11.1 Å². The summed E-state index contributed by atoms with van der Waals surface area (Å²) in [5.74, 6) is -0.702. The average Bonchev–Trinajstić information content (AvgIpc) is 2.49. The molecule has 0 aliphatic heterocycles. The molecule has 3 nitrogen and oxygen atoms in total. The summed E-state index contributed by atoms with van der Waals surface area (Å²) in [6, 6.07) is 0. The summed E-state index contributed by atoms with van der Waals surface area (Å²) in [6.45, 7) is 6.09. The molecule has 1 rings (SSSR count). The highest BCUT2D eigenvalue weighted by molar-refractivity contribution is 7.14. The lowest BCUT2D eigenvalue weighted by atomic mass is 9.93. The van der Waals surface area contributed by atoms with Crippen LogP contribution in [0.4, 0.5) is 5.13 Å². The molecule has 0 saturated carbocycles. The minimum Gasteiger partial charge on any atom is -0.298 e. The number of thiazole rings is 1. The van der Waals surface area contributed by atoms with Crippen LogP contribution in [0.15, 0.2) is 5.38 Å². The van der Waals surface area contributed by atoms with Gasteiger partial charge in [0, 0.05) is 10.8 Å². The number of rotatable bonds is 1. The Morgan fingerprint density at radius 1 is 1.38 bits per heavy atom. The van der Waals surface area contributed by atoms with E-state index in [1.807, 2.05) is 26.2 Å². The number of aromatic nitrogens is 1. The molecule has 0 atom stereocenters. The summed E-state index contributed by atoms with van der Waals surface area (Å²) in [6.07, 6.45) is 0. The predicted molar refractivity (Wildman–Crippen MR) is 69.7 cm³/mol. The zero-order valence-electron chi connectivity index (χ0n) is 8.97. The normalized spacial score (nSPS) is 12.6. The third kappa shape index (κ3) is 3.77. The molecule has 0 unspecified atom stereocenters. The molecule has 7 heteroatoms. The zero-order chi connectivity index (χ0) is 12.6. The van der Waals surface area contributed by atoms with Gasteiger partial charge in [-0.3, -0.25) is 10.1 Å². The number of carbonyl (C=O) groups is 1. The highest BCUT2D eigenvalue weighted by atomic mass is 35.6. The largest absolute Gasteiger partial charge is 0.298 e. The average molecular weight is 302 g/mol. The molecule has 1 aromatic heterocycles. The van der Waals surface area contributed by atoms with Gasteiger partial charge in [-0.05, 0) is 0 Å². The molecule has 0 aliphatic rings. The summed E-state index contributed by atoms with van der Waals surface area (Å²) < 4.78 is -1.96. The zero-order valence-corrected chi connectivity index (χ0v) is 12.1. The van der Waals surface area contributed by atoms with Gasteiger partial charge < -0.3 is 0 Å². The van der Waals surface area contributed by atoms with Gasteiger partial charge in [0.25, 0.3) is 9.70 Å². The van der Waals surface area contributed by atoms with E-state index in [-0.39, 0.29) is 5.41 Å². The Morgan fingerprint density at radius 3 is 2.31 bits per heavy atom. The van der Waals surface area contributed by atoms with E-state index in [1.54, 1.807) is 0 Å². The van der Waals surface area contributed by atoms with Crippen molar-refractivity contribution in [2.24, 2.45) is 0 Å². The Balaban J connectivity index is 2.78. The molecule has 0 spiro atoms. The first kappa shape index (κ1) is 14.0. The topological polar surface area (TPSA) is 42.0 Å². The van der Waals surface area contributed by atoms with E-state index in [0.29, 0.717) is 5.13 Å². The highest BCUT2D eigenvalue weighted by Crippen LogP contribution is 2.30. The first-order valence-electron chi connectivity index (χ1n) is 4.45. The summed E-state index contributed by atoms with van der Waals surface area (Å²) >= 11 is 17.6. The molecule has 90 valence electrons. The molecule has 1 heterocycles. The number of carbonyl (C=O) groups excluding carboxylic acids is 1. The summed E-state index contributed by atoms with van der Waals surface area (Å²) in [7, 11) is 0. The molecule has 1 aromatic rings. The number of anilines is 1. The van der Waals surface area contributed by atoms with Crippen LogP contribution in [0.5, 0.6) is 0 Å². The molecule has 1 amide bonds. The number of hydrogen-bond donors (Lipinski definition) is 1. The van der Waals surface area contributed by atoms with Crippen LogP contribution < -0.4 is 5.32 Å². The monoisotopic (exact) mass is 300 g/mol. The number of alkyl halides is 3. The van der Waals surface area contributed by atoms with Gasteiger partial charge in [0.2, 0.25) is 0 Å². The van der Waals surface area contributed by atoms with Gasteiger partial charge >= 0.3 is 0 Å². The second kappa shape index (κ2) is 4.69. The third-order valence-electron chi connectivity index (χ3n) is 1.75. The van der Waals surface area contributed by atoms with Gasteiger partial charge in [-0.15, -0.1) is 11.3 Å². The highest BCUT2D eigenvalue weighted by Gasteiger charge is 2.31. The molecule has 1 N–H and O–H groups in total. The SMILES string of the molecule is CC(C)(C)c1csc(NC(=O)C(Cl)(Cl)Cl)n1. The first-order valence-corrected chi connectivity index (χ1v) is 6.46. The second-order valence-electron chi connectivity index (χ2n) is 4.24. The van der Waals surface area contributed by atoms with Crippen LogP contribution in [-0.4, -0.2) is 14.7 Å². The number of hydrogen-bond acceptors (Lipinski definition) is 3. The molecule has 0 radical (unpaired) electrons. The van der Waals surface area contributed by atoms with Crippen molar-refractivity contribution in [3.8, 4) is 0 Å². The van der Waals surface area contributed by atoms with E-state index >= 15 is 0 Å². The van der Waals surface area contributed by atoms with Crippen LogP contribution in [0.3, 0.4) is 0 Å². The van der Waals surface area contributed by atoms with E-state index in [1.165, 1.54) is 11.3 Å². The van der Waals surface area contributed by atoms with Crippen LogP contribution in [-0.2, 0) is 10.2 Å². The van der Waals surface area contributed by atoms with Crippen LogP contribution in [0.2, 0.25) is 0 Å². The molecular formula is C9H11Cl3N2OS. The van der Waals surface area contributed by atoms with Crippen LogP contribution in [0.1, 0.15) is 26.5 Å². The first-order chi connectivity index (χ1) is 7.10. The van der Waals surface area contributed by atoms with Gasteiger partial charge in [-0.1, -0.05) is 55.6 Å². The van der Waals surface area contributed by atoms with E-state index in [2.05, 4.69) is 10.3 Å². The van der Waals surface area contributed by atoms with Gasteiger partial charge in [0.1, 0.15) is 0 Å². The van der Waals surface area contributed by atoms with Gasteiger partial charge in [0.05, 0.1) is 5.69 Å². The lowest BCUT2D eigenvalue weighted by Gasteiger charge is -2.14. The Kier molecular flexibility index (Phi) is 4.11. The third-order valence-corrected chi connectivity index (χ3v) is 3.02. The number of amides is 1. The number of halogens is 3. The van der Waals surface area contributed by atoms with Crippen molar-refractivity contribution in [2.45, 2.75) is 30.0 Å². The summed E-state index contributed by atoms with van der Waals surface area (Å²) in [5.41, 5.74) is 0.816. The minimum atomic E-state index is -1.96. The van der Waals surface area contributed by atoms with Crippen molar-refractivity contribution < 1.29 is 4.79 Å². The quantitative estimate of drug-likeness (QED) is 0.803. The summed E-state index contributed by atoms with van der Waals surface area (Å²) in [5, 5.41) is 4.75. The standard InChI is InChI=1S/C9H11Cl3N2OS/c1-8(2,3)5-4-16-7(13-5)14-6(15)9(10,11)12/h4H,1-3H3,(H,13,14,15). The van der Waals surface area contributed by atoms with Crippen LogP contribution in [0.25, 0.3) is 0 Å². The van der Waals surface area contributed by atoms with Crippen molar-refractivity contribution in [3.63, 3.8) is 0 Å². The lowest BCUT2D eigenvalue weighted by molar-refractivity contribution is -0.115. The molecule has 0 aliphatic carbocycles. The van der Waals surface area contributed by atoms with Crippen molar-refractivity contribution in [1.82, 2.24) is 4.98 Å². The molecule has 0 bridgehead atoms. The fourth-order valence-electron chi connectivity index (χ4n) is 0.844. The molecule has 0 fully saturated rings. The predicted octanol–water partition coefficient (Wildman–Crippen LogP) is 3.75. The van der Waals surface area contributed by atoms with Crippen LogP contribution >= 0.6 is 46.1 Å². The van der Waals surface area contributed by atoms with E-state index < -0.39 is 9.70 Å². The van der Waals surface area contributed by atoms with E-state index in [0.717, 1.165) is 5.69 Å². The van der Waals surface area contributed by atoms with Gasteiger partial charge in [-0.25, -0.2) is 4.98 Å². The Morgan fingerprint density at radius 2 is 1.94 bits per heavy atom. The molecule has 0 aromatic carbocycles. The Hall–Kier alpha value is -0.0300. The van der Waals surface area contributed by atoms with E-state index in [9.17, 15) is 4.79 Å². The van der Waals surface area contributed by atoms with Gasteiger partial charge in [-0.2, -0.15) is 0 Å². The van der Waals surface area contributed by atoms with Crippen molar-refractivity contribution in [2.75, 3.05) is 5.32 Å². The Labute approximate surface area is 113 Å². The summed E-state index contributed by atoms with van der Waals surface area (Å²) in [4.78, 5) is 15.6. The fraction of sp³-hybridized carbons (Fsp3) is 0.556. The van der Waals surface area contributed by atoms with Crippen molar-refractivity contribution in [1.29, 1.82) is 0 Å². The van der Waals surface area contributed by atoms with Crippen LogP contribution in [0, 0.1) is 0 Å². The molecular weight excluding hydrogens is 291 g/mol. The minimum absolute atomic E-state index is 0.0700. The Bertz CT molecular complexity index is 392. The number of nitrogens with zero attached hydrogens (tertiary/aromatic N) is 1. The maximum Gasteiger partial charge on any atom is 0.278 e. The lowest BCUT2D eigenvalue weighted by Crippen LogP contribution is -2.27. The fourth-order valence-corrected chi connectivity index (χ4v) is 1.92. The van der Waals surface area contributed by atoms with Gasteiger partial charge in [0.15, 0.2) is 5.13 Å². The maximum atomic E-state index is 11.4. The van der Waals surface area contributed by atoms with Crippen molar-refractivity contribution >= 4 is 57.2 Å². The number of nitrogens with one attached hydrogen (secondary N) is 1. The molecule has 0 saturated heterocycles. The second-order valence-corrected chi connectivity index (χ2v) is 7.38.